The number of hydrogen-bond acceptors (Lipinski definition) is 7. The van der Waals surface area contributed by atoms with Gasteiger partial charge < -0.3 is 20.4 Å². The van der Waals surface area contributed by atoms with Crippen molar-refractivity contribution >= 4 is 40.2 Å². The van der Waals surface area contributed by atoms with Crippen molar-refractivity contribution in [1.29, 1.82) is 0 Å². The van der Waals surface area contributed by atoms with E-state index in [1.165, 1.54) is 0 Å². The molecule has 0 atom stereocenters. The zero-order chi connectivity index (χ0) is 28.1. The standard InChI is InChI=1S/C30H37FN8/c1-8-19(3)34-24-14-23(15-32-16-24)20(4)29(31)28-25(9-2)36-37-30(28)22(6)35-26-17-33-18-27(21(26)5)39-12-10-38(7)11-13-39/h9,14-18,34-36H,3-4,6,8,10-13H2,1-2,5,7H3/b25-9+,29-28-. The van der Waals surface area contributed by atoms with E-state index in [1.807, 2.05) is 20.0 Å². The molecule has 0 amide bonds. The number of piperazine rings is 1. The molecule has 1 aliphatic rings. The van der Waals surface area contributed by atoms with E-state index < -0.39 is 5.83 Å². The van der Waals surface area contributed by atoms with Gasteiger partial charge in [0.1, 0.15) is 11.5 Å². The smallest absolute Gasteiger partial charge is 0.142 e. The zero-order valence-electron chi connectivity index (χ0n) is 23.2. The quantitative estimate of drug-likeness (QED) is 0.383. The molecular weight excluding hydrogens is 491 g/mol. The molecule has 3 aromatic rings. The van der Waals surface area contributed by atoms with Gasteiger partial charge in [0, 0.05) is 49.2 Å². The zero-order valence-corrected chi connectivity index (χ0v) is 23.2. The van der Waals surface area contributed by atoms with Crippen LogP contribution >= 0.6 is 0 Å². The number of likely N-dealkylation sites (N-methyl/N-ethyl adjacent to an activating group) is 1. The largest absolute Gasteiger partial charge is 0.367 e. The van der Waals surface area contributed by atoms with Crippen LogP contribution in [-0.4, -0.2) is 58.3 Å². The monoisotopic (exact) mass is 528 g/mol. The maximum Gasteiger partial charge on any atom is 0.142 e. The first-order chi connectivity index (χ1) is 18.7. The van der Waals surface area contributed by atoms with Crippen molar-refractivity contribution in [2.45, 2.75) is 27.2 Å². The lowest BCUT2D eigenvalue weighted by Crippen LogP contribution is -2.44. The number of nitrogens with zero attached hydrogens (tertiary/aromatic N) is 5. The highest BCUT2D eigenvalue weighted by Gasteiger charge is 2.19. The Morgan fingerprint density at radius 2 is 1.79 bits per heavy atom. The molecule has 0 unspecified atom stereocenters. The second kappa shape index (κ2) is 12.1. The van der Waals surface area contributed by atoms with E-state index in [1.54, 1.807) is 30.7 Å². The van der Waals surface area contributed by atoms with Gasteiger partial charge in [-0.25, -0.2) is 4.39 Å². The van der Waals surface area contributed by atoms with Crippen LogP contribution in [0, 0.1) is 6.92 Å². The highest BCUT2D eigenvalue weighted by atomic mass is 19.1. The molecule has 0 spiro atoms. The van der Waals surface area contributed by atoms with Crippen molar-refractivity contribution in [3.05, 3.63) is 83.7 Å². The minimum atomic E-state index is -0.510. The second-order valence-electron chi connectivity index (χ2n) is 9.71. The number of anilines is 3. The molecule has 4 heterocycles. The van der Waals surface area contributed by atoms with E-state index in [0.29, 0.717) is 22.3 Å². The summed E-state index contributed by atoms with van der Waals surface area (Å²) >= 11 is 0. The average Bonchev–Trinajstić information content (AvgIpc) is 3.38. The highest BCUT2D eigenvalue weighted by molar-refractivity contribution is 5.94. The lowest BCUT2D eigenvalue weighted by atomic mass is 10.1. The topological polar surface area (TPSA) is 85.0 Å². The Kier molecular flexibility index (Phi) is 8.61. The Morgan fingerprint density at radius 1 is 1.08 bits per heavy atom. The van der Waals surface area contributed by atoms with E-state index in [9.17, 15) is 0 Å². The molecule has 0 saturated carbocycles. The normalized spacial score (nSPS) is 15.2. The van der Waals surface area contributed by atoms with Crippen LogP contribution in [0.1, 0.15) is 37.1 Å². The first kappa shape index (κ1) is 27.8. The van der Waals surface area contributed by atoms with Gasteiger partial charge in [-0.05, 0) is 38.9 Å². The molecule has 0 aliphatic carbocycles. The van der Waals surface area contributed by atoms with E-state index in [2.05, 4.69) is 74.3 Å². The summed E-state index contributed by atoms with van der Waals surface area (Å²) < 4.78 is 16.1. The van der Waals surface area contributed by atoms with Gasteiger partial charge in [-0.3, -0.25) is 15.1 Å². The molecule has 4 rings (SSSR count). The van der Waals surface area contributed by atoms with Crippen molar-refractivity contribution < 1.29 is 4.39 Å². The van der Waals surface area contributed by atoms with E-state index in [4.69, 9.17) is 0 Å². The van der Waals surface area contributed by atoms with Gasteiger partial charge in [-0.15, -0.1) is 0 Å². The first-order valence-corrected chi connectivity index (χ1v) is 13.1. The third-order valence-corrected chi connectivity index (χ3v) is 7.01. The number of nitrogens with one attached hydrogen (secondary N) is 3. The maximum atomic E-state index is 16.1. The van der Waals surface area contributed by atoms with Gasteiger partial charge in [-0.1, -0.05) is 32.7 Å². The van der Waals surface area contributed by atoms with Gasteiger partial charge in [0.05, 0.1) is 51.9 Å². The van der Waals surface area contributed by atoms with Gasteiger partial charge in [-0.2, -0.15) is 5.10 Å². The summed E-state index contributed by atoms with van der Waals surface area (Å²) in [4.78, 5) is 13.4. The first-order valence-electron chi connectivity index (χ1n) is 13.1. The number of allylic oxidation sites excluding steroid dienone is 2. The van der Waals surface area contributed by atoms with Crippen molar-refractivity contribution in [1.82, 2.24) is 25.1 Å². The van der Waals surface area contributed by atoms with Crippen molar-refractivity contribution in [2.24, 2.45) is 0 Å². The molecule has 1 aliphatic heterocycles. The van der Waals surface area contributed by atoms with Gasteiger partial charge in [0.2, 0.25) is 0 Å². The summed E-state index contributed by atoms with van der Waals surface area (Å²) in [6.45, 7) is 21.9. The Labute approximate surface area is 229 Å². The number of hydrogen-bond donors (Lipinski definition) is 3. The van der Waals surface area contributed by atoms with Crippen molar-refractivity contribution in [3.63, 3.8) is 0 Å². The van der Waals surface area contributed by atoms with Crippen LogP contribution in [0.15, 0.2) is 56.3 Å². The lowest BCUT2D eigenvalue weighted by molar-refractivity contribution is 0.312. The van der Waals surface area contributed by atoms with Crippen LogP contribution < -0.4 is 26.1 Å². The summed E-state index contributed by atoms with van der Waals surface area (Å²) in [5.74, 6) is -0.510. The number of rotatable bonds is 9. The minimum Gasteiger partial charge on any atom is -0.367 e. The van der Waals surface area contributed by atoms with Crippen LogP contribution in [0.2, 0.25) is 0 Å². The Balaban J connectivity index is 1.66. The number of halogens is 1. The van der Waals surface area contributed by atoms with Crippen LogP contribution in [0.4, 0.5) is 21.5 Å². The van der Waals surface area contributed by atoms with Crippen LogP contribution in [0.3, 0.4) is 0 Å². The number of H-pyrrole nitrogens is 1. The molecule has 0 bridgehead atoms. The number of aromatic nitrogens is 4. The Bertz CT molecular complexity index is 1510. The second-order valence-corrected chi connectivity index (χ2v) is 9.71. The van der Waals surface area contributed by atoms with E-state index >= 15 is 4.39 Å². The van der Waals surface area contributed by atoms with Crippen LogP contribution in [-0.2, 0) is 0 Å². The lowest BCUT2D eigenvalue weighted by Gasteiger charge is -2.35. The van der Waals surface area contributed by atoms with Gasteiger partial charge in [0.15, 0.2) is 0 Å². The summed E-state index contributed by atoms with van der Waals surface area (Å²) in [6.07, 6.45) is 9.44. The summed E-state index contributed by atoms with van der Waals surface area (Å²) in [7, 11) is 2.13. The molecule has 9 heteroatoms. The summed E-state index contributed by atoms with van der Waals surface area (Å²) in [6, 6.07) is 1.80. The minimum absolute atomic E-state index is 0.196. The average molecular weight is 529 g/mol. The SMILES string of the molecule is C=C(CC)Nc1cncc(C(=C)/C(F)=c2/c(C(=C)Nc3cncc(N4CCN(C)CC4)c3C)n[nH]/c2=C/C)c1. The van der Waals surface area contributed by atoms with Crippen LogP contribution in [0.5, 0.6) is 0 Å². The molecule has 8 nitrogen and oxygen atoms in total. The maximum absolute atomic E-state index is 16.1. The van der Waals surface area contributed by atoms with Crippen molar-refractivity contribution in [3.8, 4) is 0 Å². The van der Waals surface area contributed by atoms with Crippen molar-refractivity contribution in [2.75, 3.05) is 48.8 Å². The van der Waals surface area contributed by atoms with Gasteiger partial charge >= 0.3 is 0 Å². The molecule has 39 heavy (non-hydrogen) atoms. The molecule has 0 radical (unpaired) electrons. The fourth-order valence-corrected chi connectivity index (χ4v) is 4.48. The molecule has 3 aromatic heterocycles. The third-order valence-electron chi connectivity index (χ3n) is 7.01. The van der Waals surface area contributed by atoms with Crippen LogP contribution in [0.25, 0.3) is 23.2 Å². The predicted octanol–water partition coefficient (Wildman–Crippen LogP) is 4.27. The predicted molar refractivity (Wildman–Crippen MR) is 160 cm³/mol. The van der Waals surface area contributed by atoms with E-state index in [-0.39, 0.29) is 10.8 Å². The van der Waals surface area contributed by atoms with Gasteiger partial charge in [0.25, 0.3) is 0 Å². The third kappa shape index (κ3) is 6.09. The van der Waals surface area contributed by atoms with E-state index in [0.717, 1.165) is 60.9 Å². The number of aromatic amines is 1. The Hall–Kier alpha value is -4.24. The fourth-order valence-electron chi connectivity index (χ4n) is 4.48. The molecule has 1 saturated heterocycles. The molecule has 1 fully saturated rings. The summed E-state index contributed by atoms with van der Waals surface area (Å²) in [5, 5.41) is 14.7. The molecule has 204 valence electrons. The fraction of sp³-hybridized carbons (Fsp3) is 0.300. The number of pyridine rings is 2. The highest BCUT2D eigenvalue weighted by Crippen LogP contribution is 2.29. The molecular formula is C30H37FN8. The molecule has 0 aromatic carbocycles. The molecule has 3 N–H and O–H groups in total. The Morgan fingerprint density at radius 3 is 2.49 bits per heavy atom. The summed E-state index contributed by atoms with van der Waals surface area (Å²) in [5.41, 5.74) is 6.04.